The lowest BCUT2D eigenvalue weighted by Crippen LogP contribution is -2.52. The number of hydrogen-bond donors (Lipinski definition) is 2. The normalized spacial score (nSPS) is 37.2. The molecule has 0 bridgehead atoms. The Morgan fingerprint density at radius 1 is 1.18 bits per heavy atom. The third-order valence-corrected chi connectivity index (χ3v) is 4.45. The van der Waals surface area contributed by atoms with Gasteiger partial charge in [-0.2, -0.15) is 0 Å². The smallest absolute Gasteiger partial charge is 0.0772 e. The lowest BCUT2D eigenvalue weighted by Gasteiger charge is -2.43. The largest absolute Gasteiger partial charge is 0.389 e. The van der Waals surface area contributed by atoms with Crippen LogP contribution in [-0.2, 0) is 0 Å². The quantitative estimate of drug-likeness (QED) is 0.736. The van der Waals surface area contributed by atoms with Gasteiger partial charge in [0, 0.05) is 38.8 Å². The second-order valence-corrected chi connectivity index (χ2v) is 5.83. The monoisotopic (exact) mass is 241 g/mol. The van der Waals surface area contributed by atoms with Crippen molar-refractivity contribution in [1.82, 2.24) is 15.1 Å². The second kappa shape index (κ2) is 5.65. The summed E-state index contributed by atoms with van der Waals surface area (Å²) in [5.74, 6) is 0. The zero-order chi connectivity index (χ0) is 12.3. The Morgan fingerprint density at radius 3 is 2.29 bits per heavy atom. The number of rotatable bonds is 3. The highest BCUT2D eigenvalue weighted by atomic mass is 16.3. The summed E-state index contributed by atoms with van der Waals surface area (Å²) in [6.45, 7) is 5.52. The third-order valence-electron chi connectivity index (χ3n) is 4.45. The molecule has 4 nitrogen and oxygen atoms in total. The van der Waals surface area contributed by atoms with E-state index in [-0.39, 0.29) is 0 Å². The number of nitrogens with one attached hydrogen (secondary N) is 1. The van der Waals surface area contributed by atoms with Gasteiger partial charge < -0.3 is 15.3 Å². The van der Waals surface area contributed by atoms with E-state index in [0.29, 0.717) is 6.04 Å². The van der Waals surface area contributed by atoms with E-state index in [9.17, 15) is 5.11 Å². The number of aliphatic hydroxyl groups is 1. The first kappa shape index (κ1) is 13.3. The first-order valence-corrected chi connectivity index (χ1v) is 6.92. The van der Waals surface area contributed by atoms with Gasteiger partial charge >= 0.3 is 0 Å². The molecular weight excluding hydrogens is 214 g/mol. The molecule has 0 radical (unpaired) electrons. The lowest BCUT2D eigenvalue weighted by atomic mass is 9.81. The van der Waals surface area contributed by atoms with Crippen LogP contribution in [0.3, 0.4) is 0 Å². The van der Waals surface area contributed by atoms with Crippen LogP contribution in [-0.4, -0.2) is 73.4 Å². The molecule has 0 atom stereocenters. The summed E-state index contributed by atoms with van der Waals surface area (Å²) < 4.78 is 0. The highest BCUT2D eigenvalue weighted by molar-refractivity contribution is 4.91. The van der Waals surface area contributed by atoms with E-state index in [1.807, 2.05) is 7.05 Å². The van der Waals surface area contributed by atoms with Gasteiger partial charge in [-0.1, -0.05) is 0 Å². The van der Waals surface area contributed by atoms with Crippen LogP contribution in [0, 0.1) is 0 Å². The maximum absolute atomic E-state index is 10.3. The summed E-state index contributed by atoms with van der Waals surface area (Å²) >= 11 is 0. The molecule has 0 unspecified atom stereocenters. The van der Waals surface area contributed by atoms with Crippen molar-refractivity contribution in [3.63, 3.8) is 0 Å². The SMILES string of the molecule is CNCC1(O)CCC(N2CCN(C)CC2)CC1. The highest BCUT2D eigenvalue weighted by Crippen LogP contribution is 2.30. The van der Waals surface area contributed by atoms with Crippen LogP contribution in [0.2, 0.25) is 0 Å². The van der Waals surface area contributed by atoms with Gasteiger partial charge in [0.15, 0.2) is 0 Å². The summed E-state index contributed by atoms with van der Waals surface area (Å²) in [4.78, 5) is 5.02. The van der Waals surface area contributed by atoms with Crippen molar-refractivity contribution in [2.45, 2.75) is 37.3 Å². The molecule has 1 saturated carbocycles. The van der Waals surface area contributed by atoms with Crippen molar-refractivity contribution < 1.29 is 5.11 Å². The molecule has 2 fully saturated rings. The van der Waals surface area contributed by atoms with Crippen LogP contribution in [0.15, 0.2) is 0 Å². The Balaban J connectivity index is 1.79. The van der Waals surface area contributed by atoms with Crippen LogP contribution >= 0.6 is 0 Å². The lowest BCUT2D eigenvalue weighted by molar-refractivity contribution is -0.0238. The van der Waals surface area contributed by atoms with Gasteiger partial charge in [-0.15, -0.1) is 0 Å². The fraction of sp³-hybridized carbons (Fsp3) is 1.00. The predicted octanol–water partition coefficient (Wildman–Crippen LogP) is 0.127. The molecule has 0 aromatic carbocycles. The standard InChI is InChI=1S/C13H27N3O/c1-14-11-13(17)5-3-12(4-6-13)16-9-7-15(2)8-10-16/h12,14,17H,3-11H2,1-2H3. The molecule has 2 aliphatic rings. The molecule has 2 rings (SSSR count). The summed E-state index contributed by atoms with van der Waals surface area (Å²) in [5.41, 5.74) is -0.447. The predicted molar refractivity (Wildman–Crippen MR) is 70.2 cm³/mol. The maximum atomic E-state index is 10.3. The minimum absolute atomic E-state index is 0.447. The van der Waals surface area contributed by atoms with Crippen molar-refractivity contribution in [3.05, 3.63) is 0 Å². The molecule has 1 aliphatic carbocycles. The zero-order valence-corrected chi connectivity index (χ0v) is 11.3. The minimum atomic E-state index is -0.447. The van der Waals surface area contributed by atoms with E-state index < -0.39 is 5.60 Å². The fourth-order valence-corrected chi connectivity index (χ4v) is 3.20. The third kappa shape index (κ3) is 3.41. The molecule has 17 heavy (non-hydrogen) atoms. The van der Waals surface area contributed by atoms with E-state index in [0.717, 1.165) is 32.2 Å². The average molecular weight is 241 g/mol. The number of piperazine rings is 1. The molecule has 1 heterocycles. The Labute approximate surface area is 105 Å². The number of likely N-dealkylation sites (N-methyl/N-ethyl adjacent to an activating group) is 2. The summed E-state index contributed by atoms with van der Waals surface area (Å²) in [6.07, 6.45) is 4.21. The summed E-state index contributed by atoms with van der Waals surface area (Å²) in [5, 5.41) is 13.4. The fourth-order valence-electron chi connectivity index (χ4n) is 3.20. The van der Waals surface area contributed by atoms with Gasteiger partial charge in [0.1, 0.15) is 0 Å². The Morgan fingerprint density at radius 2 is 1.76 bits per heavy atom. The van der Waals surface area contributed by atoms with Gasteiger partial charge in [-0.25, -0.2) is 0 Å². The summed E-state index contributed by atoms with van der Waals surface area (Å²) in [7, 11) is 4.12. The molecule has 0 aromatic heterocycles. The zero-order valence-electron chi connectivity index (χ0n) is 11.3. The van der Waals surface area contributed by atoms with E-state index in [2.05, 4.69) is 22.2 Å². The minimum Gasteiger partial charge on any atom is -0.389 e. The molecule has 0 amide bonds. The number of hydrogen-bond acceptors (Lipinski definition) is 4. The van der Waals surface area contributed by atoms with E-state index >= 15 is 0 Å². The van der Waals surface area contributed by atoms with Gasteiger partial charge in [-0.3, -0.25) is 4.90 Å². The molecular formula is C13H27N3O. The van der Waals surface area contributed by atoms with Crippen LogP contribution in [0.5, 0.6) is 0 Å². The molecule has 0 spiro atoms. The molecule has 1 saturated heterocycles. The topological polar surface area (TPSA) is 38.7 Å². The molecule has 0 aromatic rings. The van der Waals surface area contributed by atoms with Crippen LogP contribution < -0.4 is 5.32 Å². The summed E-state index contributed by atoms with van der Waals surface area (Å²) in [6, 6.07) is 0.709. The van der Waals surface area contributed by atoms with Crippen molar-refractivity contribution >= 4 is 0 Å². The van der Waals surface area contributed by atoms with Crippen LogP contribution in [0.25, 0.3) is 0 Å². The maximum Gasteiger partial charge on any atom is 0.0772 e. The van der Waals surface area contributed by atoms with E-state index in [4.69, 9.17) is 0 Å². The van der Waals surface area contributed by atoms with Gasteiger partial charge in [0.05, 0.1) is 5.60 Å². The Hall–Kier alpha value is -0.160. The second-order valence-electron chi connectivity index (χ2n) is 5.83. The molecule has 1 aliphatic heterocycles. The Bertz CT molecular complexity index is 231. The van der Waals surface area contributed by atoms with Gasteiger partial charge in [-0.05, 0) is 39.8 Å². The van der Waals surface area contributed by atoms with Crippen molar-refractivity contribution in [2.75, 3.05) is 46.8 Å². The van der Waals surface area contributed by atoms with Gasteiger partial charge in [0.25, 0.3) is 0 Å². The number of nitrogens with zero attached hydrogens (tertiary/aromatic N) is 2. The van der Waals surface area contributed by atoms with Gasteiger partial charge in [0.2, 0.25) is 0 Å². The van der Waals surface area contributed by atoms with E-state index in [1.165, 1.54) is 26.2 Å². The molecule has 100 valence electrons. The first-order chi connectivity index (χ1) is 8.13. The molecule has 4 heteroatoms. The van der Waals surface area contributed by atoms with Crippen LogP contribution in [0.4, 0.5) is 0 Å². The molecule has 2 N–H and O–H groups in total. The van der Waals surface area contributed by atoms with Crippen LogP contribution in [0.1, 0.15) is 25.7 Å². The Kier molecular flexibility index (Phi) is 4.42. The van der Waals surface area contributed by atoms with Crippen molar-refractivity contribution in [2.24, 2.45) is 0 Å². The van der Waals surface area contributed by atoms with E-state index in [1.54, 1.807) is 0 Å². The van der Waals surface area contributed by atoms with Crippen molar-refractivity contribution in [3.8, 4) is 0 Å². The first-order valence-electron chi connectivity index (χ1n) is 6.92. The average Bonchev–Trinajstić information content (AvgIpc) is 2.31. The highest BCUT2D eigenvalue weighted by Gasteiger charge is 2.35. The van der Waals surface area contributed by atoms with Crippen molar-refractivity contribution in [1.29, 1.82) is 0 Å².